The SMILES string of the molecule is COc1ncc(NCc2cnc(C(C)(C)C)s2)cc1C(N)=O. The van der Waals surface area contributed by atoms with Gasteiger partial charge in [0.05, 0.1) is 30.5 Å². The summed E-state index contributed by atoms with van der Waals surface area (Å²) in [5.74, 6) is -0.341. The van der Waals surface area contributed by atoms with Crippen molar-refractivity contribution in [3.63, 3.8) is 0 Å². The van der Waals surface area contributed by atoms with Crippen molar-refractivity contribution in [3.05, 3.63) is 33.9 Å². The van der Waals surface area contributed by atoms with Crippen molar-refractivity contribution in [2.75, 3.05) is 12.4 Å². The molecular weight excluding hydrogens is 300 g/mol. The zero-order valence-corrected chi connectivity index (χ0v) is 14.0. The summed E-state index contributed by atoms with van der Waals surface area (Å²) < 4.78 is 5.02. The summed E-state index contributed by atoms with van der Waals surface area (Å²) in [5, 5.41) is 4.31. The molecule has 0 aliphatic carbocycles. The van der Waals surface area contributed by atoms with Crippen LogP contribution in [0.5, 0.6) is 5.88 Å². The monoisotopic (exact) mass is 320 g/mol. The number of hydrogen-bond acceptors (Lipinski definition) is 6. The number of carbonyl (C=O) groups excluding carboxylic acids is 1. The van der Waals surface area contributed by atoms with Crippen molar-refractivity contribution in [1.29, 1.82) is 0 Å². The molecule has 0 aromatic carbocycles. The highest BCUT2D eigenvalue weighted by Gasteiger charge is 2.18. The predicted molar refractivity (Wildman–Crippen MR) is 87.4 cm³/mol. The minimum Gasteiger partial charge on any atom is -0.480 e. The number of anilines is 1. The molecule has 2 aromatic heterocycles. The van der Waals surface area contributed by atoms with Crippen molar-refractivity contribution in [2.45, 2.75) is 32.7 Å². The third kappa shape index (κ3) is 3.73. The van der Waals surface area contributed by atoms with E-state index in [0.29, 0.717) is 12.2 Å². The third-order valence-corrected chi connectivity index (χ3v) is 4.39. The van der Waals surface area contributed by atoms with Gasteiger partial charge in [-0.05, 0) is 6.07 Å². The molecule has 6 nitrogen and oxygen atoms in total. The molecule has 0 radical (unpaired) electrons. The fourth-order valence-electron chi connectivity index (χ4n) is 1.81. The second-order valence-corrected chi connectivity index (χ2v) is 7.00. The number of hydrogen-bond donors (Lipinski definition) is 2. The van der Waals surface area contributed by atoms with Crippen molar-refractivity contribution in [1.82, 2.24) is 9.97 Å². The average Bonchev–Trinajstić information content (AvgIpc) is 2.93. The van der Waals surface area contributed by atoms with Gasteiger partial charge in [-0.2, -0.15) is 0 Å². The Balaban J connectivity index is 2.10. The molecule has 0 spiro atoms. The molecule has 7 heteroatoms. The number of primary amides is 1. The number of carbonyl (C=O) groups is 1. The van der Waals surface area contributed by atoms with E-state index in [1.54, 1.807) is 23.6 Å². The second-order valence-electron chi connectivity index (χ2n) is 5.88. The zero-order chi connectivity index (χ0) is 16.3. The summed E-state index contributed by atoms with van der Waals surface area (Å²) in [7, 11) is 1.45. The lowest BCUT2D eigenvalue weighted by molar-refractivity contribution is 0.0996. The van der Waals surface area contributed by atoms with Gasteiger partial charge in [0.1, 0.15) is 5.56 Å². The van der Waals surface area contributed by atoms with E-state index in [4.69, 9.17) is 10.5 Å². The lowest BCUT2D eigenvalue weighted by Gasteiger charge is -2.13. The predicted octanol–water partition coefficient (Wildman–Crippen LogP) is 2.56. The number of methoxy groups -OCH3 is 1. The largest absolute Gasteiger partial charge is 0.480 e. The maximum Gasteiger partial charge on any atom is 0.254 e. The van der Waals surface area contributed by atoms with Gasteiger partial charge in [-0.3, -0.25) is 4.79 Å². The molecule has 2 heterocycles. The van der Waals surface area contributed by atoms with Gasteiger partial charge >= 0.3 is 0 Å². The van der Waals surface area contributed by atoms with Crippen LogP contribution in [-0.2, 0) is 12.0 Å². The Morgan fingerprint density at radius 1 is 1.36 bits per heavy atom. The highest BCUT2D eigenvalue weighted by Crippen LogP contribution is 2.27. The summed E-state index contributed by atoms with van der Waals surface area (Å²) in [5.41, 5.74) is 6.33. The first-order chi connectivity index (χ1) is 10.3. The van der Waals surface area contributed by atoms with Gasteiger partial charge in [0.15, 0.2) is 0 Å². The van der Waals surface area contributed by atoms with Crippen LogP contribution in [0.3, 0.4) is 0 Å². The Hall–Kier alpha value is -2.15. The number of amides is 1. The third-order valence-electron chi connectivity index (χ3n) is 2.97. The number of rotatable bonds is 5. The lowest BCUT2D eigenvalue weighted by atomic mass is 9.98. The molecule has 0 saturated carbocycles. The van der Waals surface area contributed by atoms with Gasteiger partial charge in [-0.15, -0.1) is 11.3 Å². The molecule has 1 amide bonds. The summed E-state index contributed by atoms with van der Waals surface area (Å²) in [6.07, 6.45) is 3.47. The number of ether oxygens (including phenoxy) is 1. The summed E-state index contributed by atoms with van der Waals surface area (Å²) in [6, 6.07) is 1.64. The van der Waals surface area contributed by atoms with Gasteiger partial charge in [0.2, 0.25) is 5.88 Å². The molecule has 3 N–H and O–H groups in total. The van der Waals surface area contributed by atoms with E-state index in [-0.39, 0.29) is 16.9 Å². The molecule has 22 heavy (non-hydrogen) atoms. The van der Waals surface area contributed by atoms with Crippen LogP contribution in [0.25, 0.3) is 0 Å². The minimum atomic E-state index is -0.569. The van der Waals surface area contributed by atoms with Crippen molar-refractivity contribution in [2.24, 2.45) is 5.73 Å². The lowest BCUT2D eigenvalue weighted by Crippen LogP contribution is -2.14. The number of nitrogens with two attached hydrogens (primary N) is 1. The van der Waals surface area contributed by atoms with Gasteiger partial charge in [-0.1, -0.05) is 20.8 Å². The van der Waals surface area contributed by atoms with Gasteiger partial charge < -0.3 is 15.8 Å². The van der Waals surface area contributed by atoms with Crippen LogP contribution in [-0.4, -0.2) is 23.0 Å². The smallest absolute Gasteiger partial charge is 0.254 e. The van der Waals surface area contributed by atoms with Crippen LogP contribution >= 0.6 is 11.3 Å². The first kappa shape index (κ1) is 16.2. The van der Waals surface area contributed by atoms with Crippen LogP contribution in [0.2, 0.25) is 0 Å². The quantitative estimate of drug-likeness (QED) is 0.883. The van der Waals surface area contributed by atoms with Crippen LogP contribution in [0, 0.1) is 0 Å². The number of aromatic nitrogens is 2. The fourth-order valence-corrected chi connectivity index (χ4v) is 2.72. The highest BCUT2D eigenvalue weighted by molar-refractivity contribution is 7.11. The molecule has 118 valence electrons. The first-order valence-electron chi connectivity index (χ1n) is 6.84. The minimum absolute atomic E-state index is 0.0454. The Labute approximate surface area is 133 Å². The Morgan fingerprint density at radius 3 is 2.64 bits per heavy atom. The Kier molecular flexibility index (Phi) is 4.65. The van der Waals surface area contributed by atoms with E-state index in [1.165, 1.54) is 7.11 Å². The Bertz CT molecular complexity index is 676. The highest BCUT2D eigenvalue weighted by atomic mass is 32.1. The average molecular weight is 320 g/mol. The first-order valence-corrected chi connectivity index (χ1v) is 7.66. The zero-order valence-electron chi connectivity index (χ0n) is 13.1. The standard InChI is InChI=1S/C15H20N4O2S/c1-15(2,3)14-19-8-10(22-14)7-17-9-5-11(12(16)20)13(21-4)18-6-9/h5-6,8,17H,7H2,1-4H3,(H2,16,20). The fraction of sp³-hybridized carbons (Fsp3) is 0.400. The summed E-state index contributed by atoms with van der Waals surface area (Å²) in [6.45, 7) is 7.01. The van der Waals surface area contributed by atoms with E-state index in [2.05, 4.69) is 36.1 Å². The molecule has 0 fully saturated rings. The van der Waals surface area contributed by atoms with Crippen LogP contribution in [0.1, 0.15) is 41.0 Å². The van der Waals surface area contributed by atoms with Gasteiger partial charge in [0.25, 0.3) is 5.91 Å². The van der Waals surface area contributed by atoms with E-state index in [9.17, 15) is 4.79 Å². The number of pyridine rings is 1. The van der Waals surface area contributed by atoms with Gasteiger partial charge in [0, 0.05) is 16.5 Å². The van der Waals surface area contributed by atoms with Crippen molar-refractivity contribution in [3.8, 4) is 5.88 Å². The van der Waals surface area contributed by atoms with Crippen LogP contribution in [0.15, 0.2) is 18.5 Å². The summed E-state index contributed by atoms with van der Waals surface area (Å²) >= 11 is 1.67. The van der Waals surface area contributed by atoms with E-state index in [1.807, 2.05) is 6.20 Å². The van der Waals surface area contributed by atoms with E-state index >= 15 is 0 Å². The molecule has 0 aliphatic rings. The molecule has 0 atom stereocenters. The molecule has 0 saturated heterocycles. The molecule has 2 aromatic rings. The molecular formula is C15H20N4O2S. The van der Waals surface area contributed by atoms with Crippen LogP contribution < -0.4 is 15.8 Å². The normalized spacial score (nSPS) is 11.3. The summed E-state index contributed by atoms with van der Waals surface area (Å²) in [4.78, 5) is 21.0. The molecule has 0 aliphatic heterocycles. The maximum absolute atomic E-state index is 11.4. The molecule has 0 bridgehead atoms. The van der Waals surface area contributed by atoms with E-state index in [0.717, 1.165) is 9.88 Å². The van der Waals surface area contributed by atoms with Crippen molar-refractivity contribution < 1.29 is 9.53 Å². The van der Waals surface area contributed by atoms with Crippen molar-refractivity contribution >= 4 is 22.9 Å². The molecule has 0 unspecified atom stereocenters. The number of thiazole rings is 1. The Morgan fingerprint density at radius 2 is 2.09 bits per heavy atom. The van der Waals surface area contributed by atoms with Crippen LogP contribution in [0.4, 0.5) is 5.69 Å². The number of nitrogens with one attached hydrogen (secondary N) is 1. The van der Waals surface area contributed by atoms with E-state index < -0.39 is 5.91 Å². The second kappa shape index (κ2) is 6.31. The molecule has 2 rings (SSSR count). The van der Waals surface area contributed by atoms with Gasteiger partial charge in [-0.25, -0.2) is 9.97 Å². The number of nitrogens with zero attached hydrogens (tertiary/aromatic N) is 2. The maximum atomic E-state index is 11.4. The topological polar surface area (TPSA) is 90.1 Å².